The fourth-order valence-corrected chi connectivity index (χ4v) is 2.84. The third-order valence-electron chi connectivity index (χ3n) is 2.43. The van der Waals surface area contributed by atoms with Crippen molar-refractivity contribution in [2.24, 2.45) is 0 Å². The van der Waals surface area contributed by atoms with Gasteiger partial charge in [0.1, 0.15) is 0 Å². The molecule has 0 heterocycles. The molecule has 0 aliphatic heterocycles. The van der Waals surface area contributed by atoms with Gasteiger partial charge in [-0.25, -0.2) is 13.1 Å². The van der Waals surface area contributed by atoms with Crippen LogP contribution in [0, 0.1) is 11.3 Å². The van der Waals surface area contributed by atoms with Crippen LogP contribution in [0.4, 0.5) is 0 Å². The molecule has 1 fully saturated rings. The quantitative estimate of drug-likeness (QED) is 0.684. The molecule has 1 aliphatic rings. The van der Waals surface area contributed by atoms with Gasteiger partial charge in [-0.3, -0.25) is 4.79 Å². The molecule has 0 spiro atoms. The van der Waals surface area contributed by atoms with Crippen molar-refractivity contribution in [3.05, 3.63) is 0 Å². The molecule has 2 N–H and O–H groups in total. The van der Waals surface area contributed by atoms with E-state index in [0.717, 1.165) is 6.42 Å². The van der Waals surface area contributed by atoms with Crippen LogP contribution in [0.3, 0.4) is 0 Å². The maximum atomic E-state index is 11.3. The number of nitrogens with one attached hydrogen (secondary N) is 1. The molecule has 7 heteroatoms. The normalized spacial score (nSPS) is 18.9. The third-order valence-corrected chi connectivity index (χ3v) is 3.68. The van der Waals surface area contributed by atoms with E-state index in [0.29, 0.717) is 12.8 Å². The van der Waals surface area contributed by atoms with Gasteiger partial charge in [-0.2, -0.15) is 5.26 Å². The Balaban J connectivity index is 2.69. The molecular weight excluding hydrogens is 220 g/mol. The minimum Gasteiger partial charge on any atom is -0.481 e. The second kappa shape index (κ2) is 4.16. The van der Waals surface area contributed by atoms with Gasteiger partial charge < -0.3 is 5.11 Å². The van der Waals surface area contributed by atoms with Gasteiger partial charge >= 0.3 is 5.97 Å². The number of rotatable bonds is 5. The van der Waals surface area contributed by atoms with Crippen LogP contribution in [0.1, 0.15) is 25.7 Å². The maximum Gasteiger partial charge on any atom is 0.305 e. The monoisotopic (exact) mass is 232 g/mol. The molecule has 0 atom stereocenters. The van der Waals surface area contributed by atoms with Crippen LogP contribution >= 0.6 is 0 Å². The Labute approximate surface area is 87.9 Å². The summed E-state index contributed by atoms with van der Waals surface area (Å²) in [6, 6.07) is 1.53. The second-order valence-corrected chi connectivity index (χ2v) is 5.45. The molecule has 0 aromatic carbocycles. The highest BCUT2D eigenvalue weighted by molar-refractivity contribution is 7.89. The summed E-state index contributed by atoms with van der Waals surface area (Å²) in [5.74, 6) is -1.66. The topological polar surface area (TPSA) is 107 Å². The Morgan fingerprint density at radius 3 is 2.47 bits per heavy atom. The number of carboxylic acid groups (broad SMARTS) is 1. The lowest BCUT2D eigenvalue weighted by Gasteiger charge is -2.40. The van der Waals surface area contributed by atoms with E-state index in [-0.39, 0.29) is 6.42 Å². The molecule has 0 unspecified atom stereocenters. The van der Waals surface area contributed by atoms with Gasteiger partial charge in [0.05, 0.1) is 12.5 Å². The van der Waals surface area contributed by atoms with Gasteiger partial charge in [0.25, 0.3) is 0 Å². The zero-order chi connectivity index (χ0) is 11.5. The van der Waals surface area contributed by atoms with Crippen LogP contribution in [0.25, 0.3) is 0 Å². The van der Waals surface area contributed by atoms with E-state index in [2.05, 4.69) is 4.72 Å². The number of aliphatic carboxylic acids is 1. The van der Waals surface area contributed by atoms with Crippen molar-refractivity contribution in [2.45, 2.75) is 31.2 Å². The molecule has 0 saturated heterocycles. The van der Waals surface area contributed by atoms with Crippen molar-refractivity contribution >= 4 is 16.0 Å². The first-order valence-electron chi connectivity index (χ1n) is 4.50. The highest BCUT2D eigenvalue weighted by Crippen LogP contribution is 2.35. The van der Waals surface area contributed by atoms with Crippen LogP contribution in [-0.2, 0) is 14.8 Å². The zero-order valence-electron chi connectivity index (χ0n) is 8.06. The number of carbonyl (C=O) groups is 1. The van der Waals surface area contributed by atoms with Crippen molar-refractivity contribution in [3.8, 4) is 6.07 Å². The molecule has 6 nitrogen and oxygen atoms in total. The summed E-state index contributed by atoms with van der Waals surface area (Å²) in [5.41, 5.74) is -0.860. The van der Waals surface area contributed by atoms with Gasteiger partial charge in [0.15, 0.2) is 5.75 Å². The van der Waals surface area contributed by atoms with Crippen molar-refractivity contribution in [2.75, 3.05) is 5.75 Å². The number of hydrogen-bond acceptors (Lipinski definition) is 4. The highest BCUT2D eigenvalue weighted by atomic mass is 32.2. The van der Waals surface area contributed by atoms with Crippen LogP contribution in [-0.4, -0.2) is 30.8 Å². The van der Waals surface area contributed by atoms with E-state index in [1.807, 2.05) is 0 Å². The molecular formula is C8H12N2O4S. The minimum absolute atomic E-state index is 0.225. The Hall–Kier alpha value is -1.13. The van der Waals surface area contributed by atoms with Crippen molar-refractivity contribution in [3.63, 3.8) is 0 Å². The van der Waals surface area contributed by atoms with Crippen molar-refractivity contribution < 1.29 is 18.3 Å². The van der Waals surface area contributed by atoms with Crippen LogP contribution < -0.4 is 4.72 Å². The Morgan fingerprint density at radius 1 is 1.53 bits per heavy atom. The zero-order valence-corrected chi connectivity index (χ0v) is 8.88. The van der Waals surface area contributed by atoms with Crippen molar-refractivity contribution in [1.82, 2.24) is 4.72 Å². The molecule has 0 aromatic rings. The lowest BCUT2D eigenvalue weighted by Crippen LogP contribution is -2.55. The molecule has 84 valence electrons. The standard InChI is InChI=1S/C8H12N2O4S/c9-4-5-15(13,14)10-8(2-1-3-8)6-7(11)12/h10H,1-3,5-6H2,(H,11,12). The largest absolute Gasteiger partial charge is 0.481 e. The number of nitrogens with zero attached hydrogens (tertiary/aromatic N) is 1. The van der Waals surface area contributed by atoms with E-state index in [1.165, 1.54) is 6.07 Å². The summed E-state index contributed by atoms with van der Waals surface area (Å²) in [6.45, 7) is 0. The van der Waals surface area contributed by atoms with Gasteiger partial charge in [0, 0.05) is 5.54 Å². The summed E-state index contributed by atoms with van der Waals surface area (Å²) in [6.07, 6.45) is 1.62. The van der Waals surface area contributed by atoms with E-state index in [9.17, 15) is 13.2 Å². The Bertz CT molecular complexity index is 391. The van der Waals surface area contributed by atoms with Crippen molar-refractivity contribution in [1.29, 1.82) is 5.26 Å². The maximum absolute atomic E-state index is 11.3. The fourth-order valence-electron chi connectivity index (χ4n) is 1.66. The molecule has 0 amide bonds. The van der Waals surface area contributed by atoms with Gasteiger partial charge in [0.2, 0.25) is 10.0 Å². The predicted molar refractivity (Wildman–Crippen MR) is 51.4 cm³/mol. The molecule has 0 radical (unpaired) electrons. The van der Waals surface area contributed by atoms with Crippen LogP contribution in [0.2, 0.25) is 0 Å². The average molecular weight is 232 g/mol. The molecule has 1 aliphatic carbocycles. The van der Waals surface area contributed by atoms with Gasteiger partial charge in [-0.1, -0.05) is 0 Å². The first-order chi connectivity index (χ1) is 6.89. The first-order valence-corrected chi connectivity index (χ1v) is 6.15. The Morgan fingerprint density at radius 2 is 2.13 bits per heavy atom. The van der Waals surface area contributed by atoms with Gasteiger partial charge in [-0.15, -0.1) is 0 Å². The summed E-state index contributed by atoms with van der Waals surface area (Å²) < 4.78 is 24.9. The Kier molecular flexibility index (Phi) is 3.31. The van der Waals surface area contributed by atoms with E-state index in [1.54, 1.807) is 0 Å². The smallest absolute Gasteiger partial charge is 0.305 e. The third kappa shape index (κ3) is 3.18. The molecule has 0 bridgehead atoms. The number of sulfonamides is 1. The van der Waals surface area contributed by atoms with Crippen LogP contribution in [0.5, 0.6) is 0 Å². The number of carboxylic acids is 1. The number of hydrogen-bond donors (Lipinski definition) is 2. The van der Waals surface area contributed by atoms with E-state index >= 15 is 0 Å². The number of nitriles is 1. The summed E-state index contributed by atoms with van der Waals surface area (Å²) in [7, 11) is -3.67. The molecule has 0 aromatic heterocycles. The summed E-state index contributed by atoms with van der Waals surface area (Å²) in [4.78, 5) is 10.6. The first kappa shape index (κ1) is 11.9. The minimum atomic E-state index is -3.67. The predicted octanol–water partition coefficient (Wildman–Crippen LogP) is -0.173. The summed E-state index contributed by atoms with van der Waals surface area (Å²) in [5, 5.41) is 16.9. The SMILES string of the molecule is N#CCS(=O)(=O)NC1(CC(=O)O)CCC1. The summed E-state index contributed by atoms with van der Waals surface area (Å²) >= 11 is 0. The molecule has 15 heavy (non-hydrogen) atoms. The fraction of sp³-hybridized carbons (Fsp3) is 0.750. The van der Waals surface area contributed by atoms with E-state index in [4.69, 9.17) is 10.4 Å². The highest BCUT2D eigenvalue weighted by Gasteiger charge is 2.42. The van der Waals surface area contributed by atoms with E-state index < -0.39 is 27.3 Å². The second-order valence-electron chi connectivity index (χ2n) is 3.72. The van der Waals surface area contributed by atoms with Gasteiger partial charge in [-0.05, 0) is 19.3 Å². The van der Waals surface area contributed by atoms with Crippen LogP contribution in [0.15, 0.2) is 0 Å². The average Bonchev–Trinajstić information content (AvgIpc) is 1.98. The molecule has 1 rings (SSSR count). The lowest BCUT2D eigenvalue weighted by atomic mass is 9.75. The lowest BCUT2D eigenvalue weighted by molar-refractivity contribution is -0.139. The molecule has 1 saturated carbocycles.